The Morgan fingerprint density at radius 3 is 2.46 bits per heavy atom. The lowest BCUT2D eigenvalue weighted by atomic mass is 10.1. The molecule has 0 aliphatic carbocycles. The number of ether oxygens (including phenoxy) is 1. The monoisotopic (exact) mass is 381 g/mol. The van der Waals surface area contributed by atoms with Gasteiger partial charge in [-0.05, 0) is 18.4 Å². The van der Waals surface area contributed by atoms with Crippen LogP contribution in [0.2, 0.25) is 0 Å². The molecule has 1 aromatic rings. The van der Waals surface area contributed by atoms with Gasteiger partial charge in [0.05, 0.1) is 6.61 Å². The first kappa shape index (κ1) is 20.9. The summed E-state index contributed by atoms with van der Waals surface area (Å²) in [5.41, 5.74) is 1.06. The first-order chi connectivity index (χ1) is 11.3. The second-order valence-electron chi connectivity index (χ2n) is 4.77. The van der Waals surface area contributed by atoms with Gasteiger partial charge in [-0.25, -0.2) is 4.57 Å². The summed E-state index contributed by atoms with van der Waals surface area (Å²) in [6.07, 6.45) is 0.0581. The van der Waals surface area contributed by atoms with Crippen LogP contribution in [0.4, 0.5) is 0 Å². The maximum absolute atomic E-state index is 11.8. The highest BCUT2D eigenvalue weighted by atomic mass is 31.2. The Hall–Kier alpha value is -1.18. The van der Waals surface area contributed by atoms with Gasteiger partial charge in [-0.3, -0.25) is 9.32 Å². The SMILES string of the molecule is O=C(CCCc1ccccc1)OC(CO[P+](=O)O)COP(=O)(O)O. The van der Waals surface area contributed by atoms with Gasteiger partial charge >= 0.3 is 22.0 Å². The molecule has 24 heavy (non-hydrogen) atoms. The minimum Gasteiger partial charge on any atom is -0.457 e. The zero-order valence-electron chi connectivity index (χ0n) is 12.7. The van der Waals surface area contributed by atoms with Crippen molar-refractivity contribution in [3.63, 3.8) is 0 Å². The van der Waals surface area contributed by atoms with Gasteiger partial charge in [-0.1, -0.05) is 30.3 Å². The van der Waals surface area contributed by atoms with Crippen molar-refractivity contribution in [2.45, 2.75) is 25.4 Å². The van der Waals surface area contributed by atoms with E-state index >= 15 is 0 Å². The summed E-state index contributed by atoms with van der Waals surface area (Å²) in [5.74, 6) is -0.623. The molecule has 0 bridgehead atoms. The van der Waals surface area contributed by atoms with E-state index in [9.17, 15) is 13.9 Å². The quantitative estimate of drug-likeness (QED) is 0.386. The van der Waals surface area contributed by atoms with Crippen LogP contribution in [-0.4, -0.2) is 40.0 Å². The maximum Gasteiger partial charge on any atom is 0.694 e. The van der Waals surface area contributed by atoms with Gasteiger partial charge in [0, 0.05) is 11.0 Å². The van der Waals surface area contributed by atoms with Gasteiger partial charge in [-0.15, -0.1) is 9.42 Å². The molecule has 0 saturated carbocycles. The third-order valence-electron chi connectivity index (χ3n) is 2.79. The Kier molecular flexibility index (Phi) is 9.25. The van der Waals surface area contributed by atoms with Crippen molar-refractivity contribution in [2.75, 3.05) is 13.2 Å². The molecule has 0 fully saturated rings. The summed E-state index contributed by atoms with van der Waals surface area (Å²) >= 11 is 0. The van der Waals surface area contributed by atoms with E-state index in [0.29, 0.717) is 12.8 Å². The molecule has 1 rings (SSSR count). The standard InChI is InChI=1S/C13H18O9P2/c14-13(8-4-7-11-5-2-1-3-6-11)22-12(9-20-23(15)16)10-21-24(17,18)19/h1-3,5-6,12H,4,7-10H2,(H2-,15,16,17,18,19)/p+1. The van der Waals surface area contributed by atoms with Crippen molar-refractivity contribution in [3.05, 3.63) is 35.9 Å². The number of benzene rings is 1. The average Bonchev–Trinajstić information content (AvgIpc) is 2.50. The molecule has 9 nitrogen and oxygen atoms in total. The van der Waals surface area contributed by atoms with Crippen LogP contribution < -0.4 is 0 Å². The number of hydrogen-bond donors (Lipinski definition) is 3. The Morgan fingerprint density at radius 2 is 1.88 bits per heavy atom. The average molecular weight is 381 g/mol. The molecule has 2 unspecified atom stereocenters. The molecule has 1 aromatic carbocycles. The number of hydrogen-bond acceptors (Lipinski definition) is 6. The molecule has 134 valence electrons. The molecular weight excluding hydrogens is 362 g/mol. The van der Waals surface area contributed by atoms with Crippen LogP contribution in [0.5, 0.6) is 0 Å². The Balaban J connectivity index is 2.40. The van der Waals surface area contributed by atoms with Crippen molar-refractivity contribution < 1.29 is 42.4 Å². The topological polar surface area (TPSA) is 140 Å². The van der Waals surface area contributed by atoms with Crippen molar-refractivity contribution in [3.8, 4) is 0 Å². The summed E-state index contributed by atoms with van der Waals surface area (Å²) in [6, 6.07) is 9.50. The molecule has 0 aliphatic rings. The highest BCUT2D eigenvalue weighted by Gasteiger charge is 2.25. The number of carbonyl (C=O) groups excluding carboxylic acids is 1. The van der Waals surface area contributed by atoms with Crippen LogP contribution in [0.3, 0.4) is 0 Å². The van der Waals surface area contributed by atoms with Gasteiger partial charge in [0.1, 0.15) is 6.61 Å². The predicted octanol–water partition coefficient (Wildman–Crippen LogP) is 1.70. The summed E-state index contributed by atoms with van der Waals surface area (Å²) in [6.45, 7) is -1.17. The predicted molar refractivity (Wildman–Crippen MR) is 83.0 cm³/mol. The van der Waals surface area contributed by atoms with E-state index in [1.165, 1.54) is 0 Å². The minimum atomic E-state index is -4.75. The number of aryl methyl sites for hydroxylation is 1. The van der Waals surface area contributed by atoms with Crippen LogP contribution in [-0.2, 0) is 34.1 Å². The second-order valence-corrected chi connectivity index (χ2v) is 6.74. The van der Waals surface area contributed by atoms with E-state index in [4.69, 9.17) is 19.4 Å². The van der Waals surface area contributed by atoms with Crippen LogP contribution in [0.1, 0.15) is 18.4 Å². The van der Waals surface area contributed by atoms with E-state index in [1.54, 1.807) is 0 Å². The maximum atomic E-state index is 11.8. The lowest BCUT2D eigenvalue weighted by Crippen LogP contribution is -2.27. The van der Waals surface area contributed by atoms with E-state index < -0.39 is 41.4 Å². The highest BCUT2D eigenvalue weighted by Crippen LogP contribution is 2.36. The number of carbonyl (C=O) groups is 1. The molecule has 0 amide bonds. The largest absolute Gasteiger partial charge is 0.694 e. The molecule has 0 aliphatic heterocycles. The summed E-state index contributed by atoms with van der Waals surface area (Å²) < 4.78 is 34.8. The van der Waals surface area contributed by atoms with Crippen molar-refractivity contribution >= 4 is 22.0 Å². The minimum absolute atomic E-state index is 0.0760. The number of phosphoric acid groups is 1. The molecule has 0 aromatic heterocycles. The van der Waals surface area contributed by atoms with E-state index in [-0.39, 0.29) is 6.42 Å². The van der Waals surface area contributed by atoms with Crippen LogP contribution >= 0.6 is 16.1 Å². The normalized spacial score (nSPS) is 13.4. The fraction of sp³-hybridized carbons (Fsp3) is 0.462. The first-order valence-electron chi connectivity index (χ1n) is 6.99. The van der Waals surface area contributed by atoms with E-state index in [2.05, 4.69) is 9.05 Å². The van der Waals surface area contributed by atoms with Crippen LogP contribution in [0.25, 0.3) is 0 Å². The lowest BCUT2D eigenvalue weighted by Gasteiger charge is -2.15. The third-order valence-corrected chi connectivity index (χ3v) is 3.64. The molecule has 0 spiro atoms. The lowest BCUT2D eigenvalue weighted by molar-refractivity contribution is -0.152. The number of phosphoric ester groups is 1. The van der Waals surface area contributed by atoms with E-state index in [1.807, 2.05) is 30.3 Å². The molecule has 0 heterocycles. The van der Waals surface area contributed by atoms with Gasteiger partial charge in [0.25, 0.3) is 0 Å². The molecule has 3 N–H and O–H groups in total. The molecule has 11 heteroatoms. The second kappa shape index (κ2) is 10.6. The smallest absolute Gasteiger partial charge is 0.457 e. The zero-order chi connectivity index (χ0) is 18.0. The molecule has 2 atom stereocenters. The van der Waals surface area contributed by atoms with Crippen LogP contribution in [0, 0.1) is 0 Å². The Bertz CT molecular complexity index is 572. The highest BCUT2D eigenvalue weighted by molar-refractivity contribution is 7.46. The third kappa shape index (κ3) is 10.6. The van der Waals surface area contributed by atoms with E-state index in [0.717, 1.165) is 5.56 Å². The Labute approximate surface area is 139 Å². The molecule has 0 saturated heterocycles. The summed E-state index contributed by atoms with van der Waals surface area (Å²) in [4.78, 5) is 37.6. The summed E-state index contributed by atoms with van der Waals surface area (Å²) in [5, 5.41) is 0. The van der Waals surface area contributed by atoms with Gasteiger partial charge in [-0.2, -0.15) is 0 Å². The fourth-order valence-electron chi connectivity index (χ4n) is 1.77. The van der Waals surface area contributed by atoms with Crippen molar-refractivity contribution in [1.82, 2.24) is 0 Å². The van der Waals surface area contributed by atoms with Gasteiger partial charge in [0.15, 0.2) is 6.10 Å². The number of esters is 1. The fourth-order valence-corrected chi connectivity index (χ4v) is 2.42. The summed E-state index contributed by atoms with van der Waals surface area (Å²) in [7, 11) is -7.68. The van der Waals surface area contributed by atoms with Gasteiger partial charge < -0.3 is 14.5 Å². The molecule has 0 radical (unpaired) electrons. The number of rotatable bonds is 11. The van der Waals surface area contributed by atoms with Crippen LogP contribution in [0.15, 0.2) is 30.3 Å². The van der Waals surface area contributed by atoms with Crippen molar-refractivity contribution in [1.29, 1.82) is 0 Å². The molecular formula is C13H19O9P2+. The zero-order valence-corrected chi connectivity index (χ0v) is 14.5. The van der Waals surface area contributed by atoms with Gasteiger partial charge in [0.2, 0.25) is 0 Å². The first-order valence-corrected chi connectivity index (χ1v) is 9.65. The van der Waals surface area contributed by atoms with Crippen molar-refractivity contribution in [2.24, 2.45) is 0 Å². The Morgan fingerprint density at radius 1 is 1.21 bits per heavy atom.